The van der Waals surface area contributed by atoms with Gasteiger partial charge in [0.05, 0.1) is 19.9 Å². The Morgan fingerprint density at radius 2 is 2.50 bits per heavy atom. The van der Waals surface area contributed by atoms with E-state index in [4.69, 9.17) is 4.42 Å². The highest BCUT2D eigenvalue weighted by Crippen LogP contribution is 2.19. The number of rotatable bonds is 3. The predicted molar refractivity (Wildman–Crippen MR) is 48.7 cm³/mol. The van der Waals surface area contributed by atoms with Crippen molar-refractivity contribution >= 4 is 6.09 Å². The Morgan fingerprint density at radius 3 is 3.00 bits per heavy atom. The van der Waals surface area contributed by atoms with Gasteiger partial charge in [-0.25, -0.2) is 4.79 Å². The molecule has 78 valence electrons. The van der Waals surface area contributed by atoms with Crippen LogP contribution in [0.3, 0.4) is 0 Å². The zero-order chi connectivity index (χ0) is 10.6. The SMILES string of the molecule is COC(=O)NCC(C)(O)c1ccco1. The third kappa shape index (κ3) is 2.50. The second-order valence-electron chi connectivity index (χ2n) is 3.10. The van der Waals surface area contributed by atoms with E-state index in [9.17, 15) is 9.90 Å². The van der Waals surface area contributed by atoms with Crippen molar-refractivity contribution in [1.29, 1.82) is 0 Å². The average molecular weight is 199 g/mol. The molecule has 0 bridgehead atoms. The molecule has 0 aliphatic rings. The van der Waals surface area contributed by atoms with Crippen molar-refractivity contribution in [2.24, 2.45) is 0 Å². The van der Waals surface area contributed by atoms with Crippen molar-refractivity contribution in [1.82, 2.24) is 5.32 Å². The van der Waals surface area contributed by atoms with E-state index >= 15 is 0 Å². The summed E-state index contributed by atoms with van der Waals surface area (Å²) in [6.45, 7) is 1.58. The molecule has 1 rings (SSSR count). The maximum Gasteiger partial charge on any atom is 0.406 e. The summed E-state index contributed by atoms with van der Waals surface area (Å²) in [5.41, 5.74) is -1.22. The summed E-state index contributed by atoms with van der Waals surface area (Å²) in [7, 11) is 1.26. The number of carbonyl (C=O) groups excluding carboxylic acids is 1. The van der Waals surface area contributed by atoms with Gasteiger partial charge in [0.2, 0.25) is 0 Å². The van der Waals surface area contributed by atoms with Gasteiger partial charge >= 0.3 is 6.09 Å². The van der Waals surface area contributed by atoms with Crippen LogP contribution in [0.1, 0.15) is 12.7 Å². The highest BCUT2D eigenvalue weighted by atomic mass is 16.5. The quantitative estimate of drug-likeness (QED) is 0.756. The van der Waals surface area contributed by atoms with E-state index in [1.54, 1.807) is 19.1 Å². The largest absolute Gasteiger partial charge is 0.466 e. The summed E-state index contributed by atoms with van der Waals surface area (Å²) in [4.78, 5) is 10.8. The van der Waals surface area contributed by atoms with Gasteiger partial charge in [-0.2, -0.15) is 0 Å². The molecule has 14 heavy (non-hydrogen) atoms. The van der Waals surface area contributed by atoms with Gasteiger partial charge in [0.15, 0.2) is 0 Å². The van der Waals surface area contributed by atoms with Crippen molar-refractivity contribution < 1.29 is 19.1 Å². The van der Waals surface area contributed by atoms with Crippen LogP contribution in [0, 0.1) is 0 Å². The molecule has 0 fully saturated rings. The maximum absolute atomic E-state index is 10.8. The molecule has 0 radical (unpaired) electrons. The summed E-state index contributed by atoms with van der Waals surface area (Å²) in [5.74, 6) is 0.397. The standard InChI is InChI=1S/C9H13NO4/c1-9(12,6-10-8(11)13-2)7-4-3-5-14-7/h3-5,12H,6H2,1-2H3,(H,10,11). The Balaban J connectivity index is 2.54. The molecular weight excluding hydrogens is 186 g/mol. The second kappa shape index (κ2) is 4.15. The molecule has 0 aliphatic heterocycles. The van der Waals surface area contributed by atoms with Crippen LogP contribution < -0.4 is 5.32 Å². The predicted octanol–water partition coefficient (Wildman–Crippen LogP) is 0.843. The Kier molecular flexibility index (Phi) is 3.14. The minimum atomic E-state index is -1.22. The lowest BCUT2D eigenvalue weighted by Crippen LogP contribution is -2.38. The highest BCUT2D eigenvalue weighted by molar-refractivity contribution is 5.66. The van der Waals surface area contributed by atoms with E-state index in [0.717, 1.165) is 0 Å². The molecule has 0 saturated heterocycles. The maximum atomic E-state index is 10.8. The monoisotopic (exact) mass is 199 g/mol. The first-order valence-corrected chi connectivity index (χ1v) is 4.14. The molecule has 1 unspecified atom stereocenters. The molecule has 5 heteroatoms. The molecule has 0 aliphatic carbocycles. The number of alkyl carbamates (subject to hydrolysis) is 1. The van der Waals surface area contributed by atoms with Crippen LogP contribution >= 0.6 is 0 Å². The summed E-state index contributed by atoms with van der Waals surface area (Å²) in [6.07, 6.45) is 0.874. The number of amides is 1. The zero-order valence-electron chi connectivity index (χ0n) is 8.11. The van der Waals surface area contributed by atoms with Gasteiger partial charge in [-0.1, -0.05) is 0 Å². The molecule has 5 nitrogen and oxygen atoms in total. The first-order chi connectivity index (χ1) is 6.56. The van der Waals surface area contributed by atoms with Crippen molar-refractivity contribution in [3.63, 3.8) is 0 Å². The number of aliphatic hydroxyl groups is 1. The van der Waals surface area contributed by atoms with Crippen LogP contribution in [0.2, 0.25) is 0 Å². The smallest absolute Gasteiger partial charge is 0.406 e. The van der Waals surface area contributed by atoms with Gasteiger partial charge in [-0.05, 0) is 19.1 Å². The van der Waals surface area contributed by atoms with Crippen molar-refractivity contribution in [2.75, 3.05) is 13.7 Å². The van der Waals surface area contributed by atoms with Crippen LogP contribution in [0.15, 0.2) is 22.8 Å². The van der Waals surface area contributed by atoms with E-state index in [1.807, 2.05) is 0 Å². The van der Waals surface area contributed by atoms with Gasteiger partial charge in [0.1, 0.15) is 11.4 Å². The van der Waals surface area contributed by atoms with Gasteiger partial charge in [0.25, 0.3) is 0 Å². The summed E-state index contributed by atoms with van der Waals surface area (Å²) >= 11 is 0. The first-order valence-electron chi connectivity index (χ1n) is 4.14. The summed E-state index contributed by atoms with van der Waals surface area (Å²) < 4.78 is 9.39. The van der Waals surface area contributed by atoms with Gasteiger partial charge < -0.3 is 19.6 Å². The lowest BCUT2D eigenvalue weighted by molar-refractivity contribution is 0.0337. The summed E-state index contributed by atoms with van der Waals surface area (Å²) in [5, 5.41) is 12.2. The highest BCUT2D eigenvalue weighted by Gasteiger charge is 2.26. The number of nitrogens with one attached hydrogen (secondary N) is 1. The molecule has 1 amide bonds. The van der Waals surface area contributed by atoms with Crippen LogP contribution in [0.25, 0.3) is 0 Å². The first kappa shape index (κ1) is 10.6. The zero-order valence-corrected chi connectivity index (χ0v) is 8.11. The van der Waals surface area contributed by atoms with Crippen molar-refractivity contribution in [3.8, 4) is 0 Å². The van der Waals surface area contributed by atoms with E-state index in [2.05, 4.69) is 10.1 Å². The average Bonchev–Trinajstić information content (AvgIpc) is 2.67. The Labute approximate surface area is 81.7 Å². The minimum Gasteiger partial charge on any atom is -0.466 e. The third-order valence-electron chi connectivity index (χ3n) is 1.81. The Morgan fingerprint density at radius 1 is 1.79 bits per heavy atom. The van der Waals surface area contributed by atoms with Gasteiger partial charge in [0, 0.05) is 0 Å². The number of hydrogen-bond acceptors (Lipinski definition) is 4. The molecule has 2 N–H and O–H groups in total. The number of hydrogen-bond donors (Lipinski definition) is 2. The van der Waals surface area contributed by atoms with Crippen LogP contribution in [0.5, 0.6) is 0 Å². The van der Waals surface area contributed by atoms with E-state index in [-0.39, 0.29) is 6.54 Å². The normalized spacial score (nSPS) is 14.5. The molecule has 1 aromatic heterocycles. The molecule has 1 heterocycles. The Hall–Kier alpha value is -1.49. The molecule has 0 saturated carbocycles. The number of ether oxygens (including phenoxy) is 1. The van der Waals surface area contributed by atoms with E-state index < -0.39 is 11.7 Å². The molecule has 0 aromatic carbocycles. The second-order valence-corrected chi connectivity index (χ2v) is 3.10. The number of methoxy groups -OCH3 is 1. The van der Waals surface area contributed by atoms with Gasteiger partial charge in [-0.3, -0.25) is 0 Å². The Bertz CT molecular complexity index is 292. The topological polar surface area (TPSA) is 71.7 Å². The molecule has 1 atom stereocenters. The van der Waals surface area contributed by atoms with Crippen LogP contribution in [-0.2, 0) is 10.3 Å². The fraction of sp³-hybridized carbons (Fsp3) is 0.444. The molecule has 1 aromatic rings. The van der Waals surface area contributed by atoms with Crippen molar-refractivity contribution in [2.45, 2.75) is 12.5 Å². The minimum absolute atomic E-state index is 0.0349. The van der Waals surface area contributed by atoms with Crippen LogP contribution in [-0.4, -0.2) is 24.9 Å². The summed E-state index contributed by atoms with van der Waals surface area (Å²) in [6, 6.07) is 3.31. The lowest BCUT2D eigenvalue weighted by atomic mass is 10.0. The van der Waals surface area contributed by atoms with E-state index in [1.165, 1.54) is 13.4 Å². The van der Waals surface area contributed by atoms with Crippen LogP contribution in [0.4, 0.5) is 4.79 Å². The fourth-order valence-electron chi connectivity index (χ4n) is 0.989. The fourth-order valence-corrected chi connectivity index (χ4v) is 0.989. The van der Waals surface area contributed by atoms with Gasteiger partial charge in [-0.15, -0.1) is 0 Å². The number of furan rings is 1. The van der Waals surface area contributed by atoms with E-state index in [0.29, 0.717) is 5.76 Å². The lowest BCUT2D eigenvalue weighted by Gasteiger charge is -2.20. The number of carbonyl (C=O) groups is 1. The molecular formula is C9H13NO4. The third-order valence-corrected chi connectivity index (χ3v) is 1.81. The van der Waals surface area contributed by atoms with Crippen molar-refractivity contribution in [3.05, 3.63) is 24.2 Å². The molecule has 0 spiro atoms.